The van der Waals surface area contributed by atoms with Crippen molar-refractivity contribution in [2.45, 2.75) is 31.8 Å². The van der Waals surface area contributed by atoms with Gasteiger partial charge < -0.3 is 25.6 Å². The van der Waals surface area contributed by atoms with Crippen LogP contribution in [0, 0.1) is 0 Å². The Balaban J connectivity index is 1.41. The Morgan fingerprint density at radius 2 is 1.76 bits per heavy atom. The number of hydrogen-bond acceptors (Lipinski definition) is 5. The Morgan fingerprint density at radius 3 is 2.50 bits per heavy atom. The Labute approximate surface area is 201 Å². The number of nitrogens with zero attached hydrogens (tertiary/aromatic N) is 2. The van der Waals surface area contributed by atoms with Gasteiger partial charge >= 0.3 is 7.12 Å². The average Bonchev–Trinajstić information content (AvgIpc) is 2.88. The quantitative estimate of drug-likeness (QED) is 0.475. The second-order valence-electron chi connectivity index (χ2n) is 8.99. The maximum atomic E-state index is 13.2. The van der Waals surface area contributed by atoms with E-state index in [0.29, 0.717) is 30.0 Å². The molecule has 6 nitrogen and oxygen atoms in total. The summed E-state index contributed by atoms with van der Waals surface area (Å²) >= 11 is 0. The molecule has 1 aliphatic heterocycles. The van der Waals surface area contributed by atoms with Gasteiger partial charge in [0.2, 0.25) is 0 Å². The third-order valence-corrected chi connectivity index (χ3v) is 6.71. The van der Waals surface area contributed by atoms with Crippen LogP contribution < -0.4 is 16.1 Å². The minimum atomic E-state index is -1.52. The molecule has 1 fully saturated rings. The maximum absolute atomic E-state index is 13.2. The van der Waals surface area contributed by atoms with Gasteiger partial charge in [-0.3, -0.25) is 4.79 Å². The highest BCUT2D eigenvalue weighted by Gasteiger charge is 2.25. The van der Waals surface area contributed by atoms with Crippen LogP contribution in [0.2, 0.25) is 0 Å². The molecule has 4 N–H and O–H groups in total. The van der Waals surface area contributed by atoms with E-state index in [4.69, 9.17) is 5.73 Å². The van der Waals surface area contributed by atoms with E-state index < -0.39 is 7.12 Å². The van der Waals surface area contributed by atoms with Gasteiger partial charge in [0.25, 0.3) is 5.91 Å². The van der Waals surface area contributed by atoms with Crippen molar-refractivity contribution in [3.8, 4) is 0 Å². The summed E-state index contributed by atoms with van der Waals surface area (Å²) in [6.45, 7) is 2.51. The molecule has 0 radical (unpaired) electrons. The summed E-state index contributed by atoms with van der Waals surface area (Å²) in [5, 5.41) is 19.3. The van der Waals surface area contributed by atoms with Crippen LogP contribution in [0.1, 0.15) is 45.8 Å². The molecule has 1 amide bonds. The molecule has 0 saturated carbocycles. The number of anilines is 1. The predicted octanol–water partition coefficient (Wildman–Crippen LogP) is 2.48. The fourth-order valence-electron chi connectivity index (χ4n) is 4.73. The Morgan fingerprint density at radius 1 is 1.03 bits per heavy atom. The molecular weight excluding hydrogens is 425 g/mol. The molecule has 0 unspecified atom stereocenters. The number of amides is 1. The van der Waals surface area contributed by atoms with E-state index in [1.807, 2.05) is 53.2 Å². The van der Waals surface area contributed by atoms with Crippen molar-refractivity contribution in [1.82, 2.24) is 4.90 Å². The largest absolute Gasteiger partial charge is 0.488 e. The first-order chi connectivity index (χ1) is 16.5. The minimum Gasteiger partial charge on any atom is -0.423 e. The number of carbonyl (C=O) groups is 1. The number of hydrogen-bond donors (Lipinski definition) is 3. The smallest absolute Gasteiger partial charge is 0.423 e. The van der Waals surface area contributed by atoms with Gasteiger partial charge in [-0.1, -0.05) is 54.6 Å². The third-order valence-electron chi connectivity index (χ3n) is 6.71. The van der Waals surface area contributed by atoms with Crippen molar-refractivity contribution in [2.75, 3.05) is 25.0 Å². The van der Waals surface area contributed by atoms with Crippen LogP contribution in [0.15, 0.2) is 72.8 Å². The van der Waals surface area contributed by atoms with Gasteiger partial charge in [0.05, 0.1) is 0 Å². The molecule has 0 aliphatic carbocycles. The molecule has 0 atom stereocenters. The van der Waals surface area contributed by atoms with Crippen LogP contribution in [0.3, 0.4) is 0 Å². The molecule has 1 aliphatic rings. The Kier molecular flexibility index (Phi) is 7.68. The number of piperidine rings is 1. The van der Waals surface area contributed by atoms with Gasteiger partial charge in [0.15, 0.2) is 0 Å². The molecule has 7 heteroatoms. The SMILES string of the molecule is CN(Cc1ccccc1B(O)O)c1cccc(C(=O)N2CCC(c3cccc(CN)c3)CC2)c1. The van der Waals surface area contributed by atoms with Crippen molar-refractivity contribution in [3.05, 3.63) is 95.1 Å². The lowest BCUT2D eigenvalue weighted by Gasteiger charge is -2.32. The molecule has 0 aromatic heterocycles. The van der Waals surface area contributed by atoms with Crippen LogP contribution in [0.5, 0.6) is 0 Å². The van der Waals surface area contributed by atoms with Gasteiger partial charge in [0, 0.05) is 44.5 Å². The molecule has 0 bridgehead atoms. The van der Waals surface area contributed by atoms with Crippen molar-refractivity contribution in [3.63, 3.8) is 0 Å². The summed E-state index contributed by atoms with van der Waals surface area (Å²) in [4.78, 5) is 17.2. The van der Waals surface area contributed by atoms with Crippen LogP contribution >= 0.6 is 0 Å². The Hall–Kier alpha value is -3.13. The molecular formula is C27H32BN3O3. The van der Waals surface area contributed by atoms with Crippen molar-refractivity contribution >= 4 is 24.2 Å². The third kappa shape index (κ3) is 5.50. The zero-order valence-electron chi connectivity index (χ0n) is 19.6. The zero-order valence-corrected chi connectivity index (χ0v) is 19.6. The fraction of sp³-hybridized carbons (Fsp3) is 0.296. The number of carbonyl (C=O) groups excluding carboxylic acids is 1. The summed E-state index contributed by atoms with van der Waals surface area (Å²) in [6, 6.07) is 23.4. The molecule has 1 heterocycles. The minimum absolute atomic E-state index is 0.0515. The molecule has 34 heavy (non-hydrogen) atoms. The molecule has 176 valence electrons. The number of likely N-dealkylation sites (tertiary alicyclic amines) is 1. The van der Waals surface area contributed by atoms with E-state index in [1.54, 1.807) is 12.1 Å². The number of rotatable bonds is 7. The van der Waals surface area contributed by atoms with Gasteiger partial charge in [-0.15, -0.1) is 0 Å². The van der Waals surface area contributed by atoms with Gasteiger partial charge in [-0.25, -0.2) is 0 Å². The lowest BCUT2D eigenvalue weighted by molar-refractivity contribution is 0.0713. The van der Waals surface area contributed by atoms with Gasteiger partial charge in [-0.2, -0.15) is 0 Å². The summed E-state index contributed by atoms with van der Waals surface area (Å²) in [5.74, 6) is 0.505. The number of nitrogens with two attached hydrogens (primary N) is 1. The molecule has 4 rings (SSSR count). The highest BCUT2D eigenvalue weighted by atomic mass is 16.4. The second kappa shape index (κ2) is 10.9. The van der Waals surface area contributed by atoms with Crippen molar-refractivity contribution in [1.29, 1.82) is 0 Å². The van der Waals surface area contributed by atoms with Crippen LogP contribution in [0.25, 0.3) is 0 Å². The topological polar surface area (TPSA) is 90.0 Å². The van der Waals surface area contributed by atoms with Crippen molar-refractivity contribution < 1.29 is 14.8 Å². The standard InChI is InChI=1S/C27H32BN3O3/c1-30(19-24-7-2-3-11-26(24)28(33)34)25-10-5-9-23(17-25)27(32)31-14-12-21(13-15-31)22-8-4-6-20(16-22)18-29/h2-11,16-17,21,33-34H,12-15,18-19,29H2,1H3. The van der Waals surface area contributed by atoms with E-state index in [9.17, 15) is 14.8 Å². The Bertz CT molecular complexity index is 1130. The van der Waals surface area contributed by atoms with Gasteiger partial charge in [-0.05, 0) is 59.1 Å². The van der Waals surface area contributed by atoms with Crippen LogP contribution in [0.4, 0.5) is 5.69 Å². The summed E-state index contributed by atoms with van der Waals surface area (Å²) < 4.78 is 0. The maximum Gasteiger partial charge on any atom is 0.488 e. The normalized spacial score (nSPS) is 14.2. The molecule has 0 spiro atoms. The van der Waals surface area contributed by atoms with Crippen LogP contribution in [-0.4, -0.2) is 48.1 Å². The van der Waals surface area contributed by atoms with E-state index in [0.717, 1.165) is 42.7 Å². The van der Waals surface area contributed by atoms with E-state index in [2.05, 4.69) is 24.3 Å². The van der Waals surface area contributed by atoms with Crippen LogP contribution in [-0.2, 0) is 13.1 Å². The van der Waals surface area contributed by atoms with E-state index in [-0.39, 0.29) is 5.91 Å². The van der Waals surface area contributed by atoms with E-state index in [1.165, 1.54) is 5.56 Å². The first-order valence-corrected chi connectivity index (χ1v) is 11.8. The second-order valence-corrected chi connectivity index (χ2v) is 8.99. The first kappa shape index (κ1) is 24.0. The molecule has 3 aromatic carbocycles. The monoisotopic (exact) mass is 457 g/mol. The lowest BCUT2D eigenvalue weighted by Crippen LogP contribution is -2.38. The van der Waals surface area contributed by atoms with Crippen molar-refractivity contribution in [2.24, 2.45) is 5.73 Å². The lowest BCUT2D eigenvalue weighted by atomic mass is 9.77. The predicted molar refractivity (Wildman–Crippen MR) is 137 cm³/mol. The van der Waals surface area contributed by atoms with E-state index >= 15 is 0 Å². The molecule has 1 saturated heterocycles. The first-order valence-electron chi connectivity index (χ1n) is 11.8. The summed E-state index contributed by atoms with van der Waals surface area (Å²) in [6.07, 6.45) is 1.89. The number of benzene rings is 3. The fourth-order valence-corrected chi connectivity index (χ4v) is 4.73. The zero-order chi connectivity index (χ0) is 24.1. The molecule has 3 aromatic rings. The average molecular weight is 457 g/mol. The summed E-state index contributed by atoms with van der Waals surface area (Å²) in [7, 11) is 0.420. The highest BCUT2D eigenvalue weighted by Crippen LogP contribution is 2.29. The van der Waals surface area contributed by atoms with Gasteiger partial charge in [0.1, 0.15) is 0 Å². The highest BCUT2D eigenvalue weighted by molar-refractivity contribution is 6.59. The summed E-state index contributed by atoms with van der Waals surface area (Å²) in [5.41, 5.74) is 11.1.